The van der Waals surface area contributed by atoms with Crippen molar-refractivity contribution in [3.63, 3.8) is 0 Å². The molecule has 0 bridgehead atoms. The van der Waals surface area contributed by atoms with E-state index in [0.717, 1.165) is 22.3 Å². The first kappa shape index (κ1) is 22.5. The molecule has 0 aromatic heterocycles. The lowest BCUT2D eigenvalue weighted by molar-refractivity contribution is -0.158. The van der Waals surface area contributed by atoms with Crippen LogP contribution in [0.25, 0.3) is 11.1 Å². The van der Waals surface area contributed by atoms with E-state index >= 15 is 0 Å². The van der Waals surface area contributed by atoms with E-state index in [1.54, 1.807) is 27.7 Å². The Kier molecular flexibility index (Phi) is 6.78. The molecule has 2 aromatic rings. The number of carbonyl (C=O) groups is 3. The maximum atomic E-state index is 12.5. The molecule has 0 saturated heterocycles. The molecule has 0 aliphatic heterocycles. The van der Waals surface area contributed by atoms with Gasteiger partial charge in [0.15, 0.2) is 0 Å². The van der Waals surface area contributed by atoms with Crippen molar-refractivity contribution < 1.29 is 23.9 Å². The van der Waals surface area contributed by atoms with E-state index < -0.39 is 23.7 Å². The van der Waals surface area contributed by atoms with Gasteiger partial charge in [0, 0.05) is 18.8 Å². The number of nitrogens with one attached hydrogen (secondary N) is 1. The molecule has 6 heteroatoms. The van der Waals surface area contributed by atoms with Crippen molar-refractivity contribution in [1.29, 1.82) is 0 Å². The molecular weight excluding hydrogens is 394 g/mol. The van der Waals surface area contributed by atoms with Crippen LogP contribution in [0.5, 0.6) is 0 Å². The lowest BCUT2D eigenvalue weighted by atomic mass is 9.98. The van der Waals surface area contributed by atoms with Crippen LogP contribution in [-0.2, 0) is 19.1 Å². The van der Waals surface area contributed by atoms with Crippen LogP contribution in [0.3, 0.4) is 0 Å². The molecule has 0 radical (unpaired) electrons. The van der Waals surface area contributed by atoms with Gasteiger partial charge >= 0.3 is 12.1 Å². The molecule has 1 N–H and O–H groups in total. The van der Waals surface area contributed by atoms with Gasteiger partial charge in [0.2, 0.25) is 0 Å². The van der Waals surface area contributed by atoms with Crippen LogP contribution in [0.2, 0.25) is 0 Å². The summed E-state index contributed by atoms with van der Waals surface area (Å²) in [6, 6.07) is 15.0. The van der Waals surface area contributed by atoms with Crippen LogP contribution < -0.4 is 5.32 Å². The third kappa shape index (κ3) is 5.51. The highest BCUT2D eigenvalue weighted by atomic mass is 16.6. The Hall–Kier alpha value is -3.15. The first-order valence-electron chi connectivity index (χ1n) is 10.6. The molecule has 164 valence electrons. The smallest absolute Gasteiger partial charge is 0.407 e. The summed E-state index contributed by atoms with van der Waals surface area (Å²) >= 11 is 0. The Labute approximate surface area is 182 Å². The Bertz CT molecular complexity index is 930. The van der Waals surface area contributed by atoms with Gasteiger partial charge in [0.25, 0.3) is 0 Å². The zero-order valence-electron chi connectivity index (χ0n) is 18.4. The van der Waals surface area contributed by atoms with Crippen molar-refractivity contribution in [2.24, 2.45) is 0 Å². The number of Topliss-reactive ketones (excluding diaryl/α,β-unsaturated/α-hetero) is 1. The van der Waals surface area contributed by atoms with E-state index in [0.29, 0.717) is 0 Å². The molecule has 0 heterocycles. The Morgan fingerprint density at radius 1 is 0.968 bits per heavy atom. The van der Waals surface area contributed by atoms with Gasteiger partial charge in [-0.05, 0) is 43.0 Å². The minimum absolute atomic E-state index is 0.0876. The molecule has 0 saturated carbocycles. The number of carbonyl (C=O) groups excluding carboxylic acids is 3. The normalized spacial score (nSPS) is 13.7. The fourth-order valence-corrected chi connectivity index (χ4v) is 3.72. The van der Waals surface area contributed by atoms with E-state index in [4.69, 9.17) is 9.47 Å². The predicted octanol–water partition coefficient (Wildman–Crippen LogP) is 4.60. The number of ketones is 1. The van der Waals surface area contributed by atoms with Gasteiger partial charge in [-0.2, -0.15) is 0 Å². The molecular formula is C25H29NO5. The standard InChI is InChI=1S/C25H29NO5/c1-5-16(27)14-22(23(28)31-25(2,3)4)26-24(29)30-15-21-19-12-8-6-10-17(19)18-11-7-9-13-20(18)21/h6-13,21-22H,5,14-15H2,1-4H3,(H,26,29)/t22-/m0/s1. The number of fused-ring (bicyclic) bond motifs is 3. The molecule has 0 fully saturated rings. The van der Waals surface area contributed by atoms with Crippen molar-refractivity contribution in [2.45, 2.75) is 58.1 Å². The number of esters is 1. The molecule has 1 aliphatic carbocycles. The van der Waals surface area contributed by atoms with Gasteiger partial charge in [-0.1, -0.05) is 55.5 Å². The number of benzene rings is 2. The van der Waals surface area contributed by atoms with Crippen LogP contribution in [0.4, 0.5) is 4.79 Å². The average Bonchev–Trinajstić information content (AvgIpc) is 3.04. The van der Waals surface area contributed by atoms with E-state index in [-0.39, 0.29) is 31.1 Å². The van der Waals surface area contributed by atoms with E-state index in [9.17, 15) is 14.4 Å². The summed E-state index contributed by atoms with van der Waals surface area (Å²) in [4.78, 5) is 36.9. The van der Waals surface area contributed by atoms with Crippen molar-refractivity contribution in [2.75, 3.05) is 6.61 Å². The Morgan fingerprint density at radius 3 is 2.03 bits per heavy atom. The summed E-state index contributed by atoms with van der Waals surface area (Å²) in [5.74, 6) is -0.881. The Balaban J connectivity index is 1.69. The molecule has 1 atom stereocenters. The van der Waals surface area contributed by atoms with Crippen LogP contribution in [0, 0.1) is 0 Å². The van der Waals surface area contributed by atoms with Gasteiger partial charge in [0.05, 0.1) is 0 Å². The second kappa shape index (κ2) is 9.33. The molecule has 1 aliphatic rings. The minimum atomic E-state index is -1.08. The van der Waals surface area contributed by atoms with Crippen LogP contribution in [-0.4, -0.2) is 36.1 Å². The van der Waals surface area contributed by atoms with Crippen molar-refractivity contribution in [3.8, 4) is 11.1 Å². The van der Waals surface area contributed by atoms with E-state index in [1.165, 1.54) is 0 Å². The molecule has 0 unspecified atom stereocenters. The molecule has 2 aromatic carbocycles. The topological polar surface area (TPSA) is 81.7 Å². The fourth-order valence-electron chi connectivity index (χ4n) is 3.72. The zero-order valence-corrected chi connectivity index (χ0v) is 18.4. The second-order valence-corrected chi connectivity index (χ2v) is 8.65. The monoisotopic (exact) mass is 423 g/mol. The van der Waals surface area contributed by atoms with Crippen LogP contribution in [0.15, 0.2) is 48.5 Å². The summed E-state index contributed by atoms with van der Waals surface area (Å²) in [5, 5.41) is 2.52. The lowest BCUT2D eigenvalue weighted by Crippen LogP contribution is -2.45. The number of ether oxygens (including phenoxy) is 2. The minimum Gasteiger partial charge on any atom is -0.458 e. The lowest BCUT2D eigenvalue weighted by Gasteiger charge is -2.24. The van der Waals surface area contributed by atoms with Gasteiger partial charge < -0.3 is 14.8 Å². The molecule has 3 rings (SSSR count). The third-order valence-electron chi connectivity index (χ3n) is 5.15. The van der Waals surface area contributed by atoms with Gasteiger partial charge in [0.1, 0.15) is 24.0 Å². The first-order chi connectivity index (χ1) is 14.7. The summed E-state index contributed by atoms with van der Waals surface area (Å²) in [6.07, 6.45) is -0.608. The maximum absolute atomic E-state index is 12.5. The second-order valence-electron chi connectivity index (χ2n) is 8.65. The maximum Gasteiger partial charge on any atom is 0.407 e. The quantitative estimate of drug-likeness (QED) is 0.658. The molecule has 0 spiro atoms. The first-order valence-corrected chi connectivity index (χ1v) is 10.6. The number of rotatable bonds is 7. The van der Waals surface area contributed by atoms with E-state index in [1.807, 2.05) is 36.4 Å². The number of amides is 1. The number of alkyl carbamates (subject to hydrolysis) is 1. The highest BCUT2D eigenvalue weighted by molar-refractivity contribution is 5.89. The predicted molar refractivity (Wildman–Crippen MR) is 118 cm³/mol. The summed E-state index contributed by atoms with van der Waals surface area (Å²) in [5.41, 5.74) is 3.73. The number of hydrogen-bond acceptors (Lipinski definition) is 5. The van der Waals surface area contributed by atoms with Crippen LogP contribution >= 0.6 is 0 Å². The van der Waals surface area contributed by atoms with Gasteiger partial charge in [-0.3, -0.25) is 4.79 Å². The number of hydrogen-bond donors (Lipinski definition) is 1. The molecule has 1 amide bonds. The fraction of sp³-hybridized carbons (Fsp3) is 0.400. The van der Waals surface area contributed by atoms with Gasteiger partial charge in [-0.25, -0.2) is 9.59 Å². The van der Waals surface area contributed by atoms with Gasteiger partial charge in [-0.15, -0.1) is 0 Å². The van der Waals surface area contributed by atoms with Crippen molar-refractivity contribution >= 4 is 17.8 Å². The van der Waals surface area contributed by atoms with Crippen LogP contribution in [0.1, 0.15) is 57.6 Å². The zero-order chi connectivity index (χ0) is 22.6. The summed E-state index contributed by atoms with van der Waals surface area (Å²) < 4.78 is 10.9. The third-order valence-corrected chi connectivity index (χ3v) is 5.15. The SMILES string of the molecule is CCC(=O)C[C@H](NC(=O)OCC1c2ccccc2-c2ccccc21)C(=O)OC(C)(C)C. The largest absolute Gasteiger partial charge is 0.458 e. The summed E-state index contributed by atoms with van der Waals surface area (Å²) in [6.45, 7) is 7.04. The highest BCUT2D eigenvalue weighted by Crippen LogP contribution is 2.44. The van der Waals surface area contributed by atoms with Crippen molar-refractivity contribution in [1.82, 2.24) is 5.32 Å². The van der Waals surface area contributed by atoms with Crippen molar-refractivity contribution in [3.05, 3.63) is 59.7 Å². The Morgan fingerprint density at radius 2 is 1.52 bits per heavy atom. The molecule has 31 heavy (non-hydrogen) atoms. The van der Waals surface area contributed by atoms with E-state index in [2.05, 4.69) is 17.4 Å². The molecule has 6 nitrogen and oxygen atoms in total. The average molecular weight is 424 g/mol. The highest BCUT2D eigenvalue weighted by Gasteiger charge is 2.31. The summed E-state index contributed by atoms with van der Waals surface area (Å²) in [7, 11) is 0.